The lowest BCUT2D eigenvalue weighted by Gasteiger charge is -2.05. The Hall–Kier alpha value is -2.85. The topological polar surface area (TPSA) is 62.2 Å². The van der Waals surface area contributed by atoms with E-state index in [0.29, 0.717) is 10.7 Å². The zero-order chi connectivity index (χ0) is 23.7. The van der Waals surface area contributed by atoms with Crippen molar-refractivity contribution >= 4 is 23.3 Å². The fraction of sp³-hybridized carbons (Fsp3) is 0.357. The minimum Gasteiger partial charge on any atom is -0.477 e. The molecule has 3 aromatic rings. The van der Waals surface area contributed by atoms with Crippen molar-refractivity contribution in [2.75, 3.05) is 11.9 Å². The maximum absolute atomic E-state index is 10.8. The highest BCUT2D eigenvalue weighted by molar-refractivity contribution is 6.30. The monoisotopic (exact) mass is 466 g/mol. The molecule has 33 heavy (non-hydrogen) atoms. The van der Waals surface area contributed by atoms with Gasteiger partial charge in [0.05, 0.1) is 5.69 Å². The molecule has 0 aliphatic carbocycles. The number of aromatic carboxylic acids is 1. The molecule has 0 radical (unpaired) electrons. The molecule has 0 atom stereocenters. The number of halogens is 1. The molecule has 176 valence electrons. The lowest BCUT2D eigenvalue weighted by atomic mass is 10.1. The molecular formula is C28H35ClN2O2. The van der Waals surface area contributed by atoms with Crippen LogP contribution in [0.25, 0.3) is 11.3 Å². The second-order valence-electron chi connectivity index (χ2n) is 7.99. The number of carboxylic acid groups (broad SMARTS) is 1. The first-order valence-electron chi connectivity index (χ1n) is 11.9. The normalized spacial score (nSPS) is 10.2. The van der Waals surface area contributed by atoms with E-state index >= 15 is 0 Å². The predicted molar refractivity (Wildman–Crippen MR) is 139 cm³/mol. The Balaban J connectivity index is 0.000000234. The summed E-state index contributed by atoms with van der Waals surface area (Å²) in [5.74, 6) is -1.04. The van der Waals surface area contributed by atoms with Crippen LogP contribution >= 0.6 is 11.6 Å². The lowest BCUT2D eigenvalue weighted by Crippen LogP contribution is -2.00. The van der Waals surface area contributed by atoms with E-state index in [1.165, 1.54) is 63.1 Å². The number of nitrogens with zero attached hydrogens (tertiary/aromatic N) is 1. The van der Waals surface area contributed by atoms with E-state index in [1.807, 2.05) is 6.07 Å². The first-order valence-corrected chi connectivity index (χ1v) is 12.2. The molecule has 2 aromatic carbocycles. The molecule has 4 nitrogen and oxygen atoms in total. The maximum Gasteiger partial charge on any atom is 0.354 e. The van der Waals surface area contributed by atoms with Gasteiger partial charge < -0.3 is 10.4 Å². The molecule has 0 saturated heterocycles. The Bertz CT molecular complexity index is 947. The van der Waals surface area contributed by atoms with Gasteiger partial charge in [-0.2, -0.15) is 0 Å². The van der Waals surface area contributed by atoms with Crippen molar-refractivity contribution in [3.8, 4) is 11.3 Å². The van der Waals surface area contributed by atoms with E-state index in [-0.39, 0.29) is 5.69 Å². The number of hydrogen-bond acceptors (Lipinski definition) is 3. The van der Waals surface area contributed by atoms with Gasteiger partial charge >= 0.3 is 5.97 Å². The summed E-state index contributed by atoms with van der Waals surface area (Å²) in [5.41, 5.74) is 2.67. The van der Waals surface area contributed by atoms with Crippen molar-refractivity contribution in [2.24, 2.45) is 0 Å². The third kappa shape index (κ3) is 11.0. The molecule has 0 amide bonds. The van der Waals surface area contributed by atoms with Gasteiger partial charge in [-0.15, -0.1) is 0 Å². The van der Waals surface area contributed by atoms with Gasteiger partial charge in [0.2, 0.25) is 0 Å². The van der Waals surface area contributed by atoms with Gasteiger partial charge in [-0.05, 0) is 42.8 Å². The first kappa shape index (κ1) is 26.4. The quantitative estimate of drug-likeness (QED) is 0.263. The summed E-state index contributed by atoms with van der Waals surface area (Å²) in [6.07, 6.45) is 11.1. The zero-order valence-electron chi connectivity index (χ0n) is 19.5. The van der Waals surface area contributed by atoms with Crippen LogP contribution in [-0.4, -0.2) is 22.6 Å². The number of anilines is 1. The summed E-state index contributed by atoms with van der Waals surface area (Å²) in [4.78, 5) is 14.8. The van der Waals surface area contributed by atoms with E-state index < -0.39 is 5.97 Å². The Labute approximate surface area is 203 Å². The van der Waals surface area contributed by atoms with Gasteiger partial charge in [0.15, 0.2) is 0 Å². The zero-order valence-corrected chi connectivity index (χ0v) is 20.2. The number of rotatable bonds is 12. The van der Waals surface area contributed by atoms with Gasteiger partial charge in [0, 0.05) is 22.8 Å². The largest absolute Gasteiger partial charge is 0.477 e. The standard InChI is InChI=1S/C16H27N.C12H8ClNO2/c1-2-3-4-5-6-7-8-12-15-17-16-13-10-9-11-14-16;13-9-4-1-3-8(7-9)10-5-2-6-11(14-10)12(15)16/h9-11,13-14,17H,2-8,12,15H2,1H3;1-7H,(H,15,16). The van der Waals surface area contributed by atoms with Crippen molar-refractivity contribution in [2.45, 2.75) is 58.3 Å². The van der Waals surface area contributed by atoms with E-state index in [4.69, 9.17) is 16.7 Å². The maximum atomic E-state index is 10.8. The minimum absolute atomic E-state index is 0.0254. The third-order valence-corrected chi connectivity index (χ3v) is 5.46. The summed E-state index contributed by atoms with van der Waals surface area (Å²) < 4.78 is 0. The molecule has 3 rings (SSSR count). The average molecular weight is 467 g/mol. The van der Waals surface area contributed by atoms with Crippen LogP contribution in [0.2, 0.25) is 5.02 Å². The Morgan fingerprint density at radius 1 is 0.848 bits per heavy atom. The highest BCUT2D eigenvalue weighted by Gasteiger charge is 2.06. The molecule has 1 aromatic heterocycles. The molecule has 0 spiro atoms. The molecular weight excluding hydrogens is 432 g/mol. The summed E-state index contributed by atoms with van der Waals surface area (Å²) >= 11 is 5.85. The summed E-state index contributed by atoms with van der Waals surface area (Å²) in [6, 6.07) is 22.5. The number of carbonyl (C=O) groups is 1. The van der Waals surface area contributed by atoms with E-state index in [9.17, 15) is 4.79 Å². The predicted octanol–water partition coefficient (Wildman–Crippen LogP) is 8.34. The highest BCUT2D eigenvalue weighted by atomic mass is 35.5. The van der Waals surface area contributed by atoms with Crippen LogP contribution in [0.4, 0.5) is 5.69 Å². The van der Waals surface area contributed by atoms with Crippen LogP contribution in [0.5, 0.6) is 0 Å². The van der Waals surface area contributed by atoms with Crippen molar-refractivity contribution in [1.29, 1.82) is 0 Å². The molecule has 0 unspecified atom stereocenters. The summed E-state index contributed by atoms with van der Waals surface area (Å²) in [7, 11) is 0. The van der Waals surface area contributed by atoms with Crippen molar-refractivity contribution in [3.63, 3.8) is 0 Å². The second-order valence-corrected chi connectivity index (χ2v) is 8.43. The van der Waals surface area contributed by atoms with Crippen LogP contribution in [0, 0.1) is 0 Å². The number of para-hydroxylation sites is 1. The summed E-state index contributed by atoms with van der Waals surface area (Å²) in [6.45, 7) is 3.38. The Morgan fingerprint density at radius 3 is 2.18 bits per heavy atom. The molecule has 0 aliphatic heterocycles. The fourth-order valence-electron chi connectivity index (χ4n) is 3.41. The number of benzene rings is 2. The minimum atomic E-state index is -1.04. The SMILES string of the molecule is CCCCCCCCCCNc1ccccc1.O=C(O)c1cccc(-c2cccc(Cl)c2)n1. The van der Waals surface area contributed by atoms with Gasteiger partial charge in [-0.25, -0.2) is 9.78 Å². The van der Waals surface area contributed by atoms with E-state index in [1.54, 1.807) is 30.3 Å². The lowest BCUT2D eigenvalue weighted by molar-refractivity contribution is 0.0690. The van der Waals surface area contributed by atoms with Gasteiger partial charge in [0.25, 0.3) is 0 Å². The van der Waals surface area contributed by atoms with E-state index in [2.05, 4.69) is 47.6 Å². The number of aromatic nitrogens is 1. The number of nitrogens with one attached hydrogen (secondary N) is 1. The summed E-state index contributed by atoms with van der Waals surface area (Å²) in [5, 5.41) is 12.9. The van der Waals surface area contributed by atoms with Gasteiger partial charge in [-0.3, -0.25) is 0 Å². The van der Waals surface area contributed by atoms with Crippen LogP contribution in [0.15, 0.2) is 72.8 Å². The van der Waals surface area contributed by atoms with Crippen LogP contribution in [0.3, 0.4) is 0 Å². The van der Waals surface area contributed by atoms with Crippen molar-refractivity contribution in [1.82, 2.24) is 4.98 Å². The second kappa shape index (κ2) is 15.9. The molecule has 5 heteroatoms. The van der Waals surface area contributed by atoms with Crippen LogP contribution in [0.1, 0.15) is 68.8 Å². The molecule has 2 N–H and O–H groups in total. The smallest absolute Gasteiger partial charge is 0.354 e. The Kier molecular flexibility index (Phi) is 12.7. The van der Waals surface area contributed by atoms with Crippen LogP contribution < -0.4 is 5.32 Å². The van der Waals surface area contributed by atoms with E-state index in [0.717, 1.165) is 12.1 Å². The molecule has 0 bridgehead atoms. The number of hydrogen-bond donors (Lipinski definition) is 2. The molecule has 1 heterocycles. The highest BCUT2D eigenvalue weighted by Crippen LogP contribution is 2.21. The van der Waals surface area contributed by atoms with Crippen molar-refractivity contribution in [3.05, 3.63) is 83.5 Å². The molecule has 0 aliphatic rings. The van der Waals surface area contributed by atoms with Gasteiger partial charge in [0.1, 0.15) is 5.69 Å². The van der Waals surface area contributed by atoms with Crippen LogP contribution in [-0.2, 0) is 0 Å². The first-order chi connectivity index (χ1) is 16.1. The third-order valence-electron chi connectivity index (χ3n) is 5.22. The van der Waals surface area contributed by atoms with Crippen molar-refractivity contribution < 1.29 is 9.90 Å². The number of carboxylic acids is 1. The fourth-order valence-corrected chi connectivity index (χ4v) is 3.60. The number of pyridine rings is 1. The average Bonchev–Trinajstić information content (AvgIpc) is 2.84. The molecule has 0 saturated carbocycles. The van der Waals surface area contributed by atoms with Gasteiger partial charge in [-0.1, -0.05) is 99.9 Å². The molecule has 0 fully saturated rings. The number of unbranched alkanes of at least 4 members (excludes halogenated alkanes) is 7. The Morgan fingerprint density at radius 2 is 1.52 bits per heavy atom.